The molecule has 2 rings (SSSR count). The SMILES string of the molecule is COc1ccc(Br)c(C(=O)OCC(=O)NC2CCS(=O)(=O)C2)c1. The molecule has 1 aliphatic heterocycles. The van der Waals surface area contributed by atoms with Crippen molar-refractivity contribution in [2.75, 3.05) is 25.2 Å². The summed E-state index contributed by atoms with van der Waals surface area (Å²) in [5.74, 6) is -0.729. The number of carbonyl (C=O) groups is 2. The number of sulfone groups is 1. The van der Waals surface area contributed by atoms with Gasteiger partial charge in [-0.15, -0.1) is 0 Å². The molecule has 9 heteroatoms. The van der Waals surface area contributed by atoms with E-state index in [9.17, 15) is 18.0 Å². The highest BCUT2D eigenvalue weighted by atomic mass is 79.9. The van der Waals surface area contributed by atoms with Crippen molar-refractivity contribution in [3.05, 3.63) is 28.2 Å². The number of amides is 1. The lowest BCUT2D eigenvalue weighted by atomic mass is 10.2. The third-order valence-electron chi connectivity index (χ3n) is 3.33. The third kappa shape index (κ3) is 4.93. The second kappa shape index (κ2) is 7.31. The molecule has 1 N–H and O–H groups in total. The number of rotatable bonds is 5. The van der Waals surface area contributed by atoms with E-state index in [4.69, 9.17) is 9.47 Å². The minimum Gasteiger partial charge on any atom is -0.497 e. The largest absolute Gasteiger partial charge is 0.497 e. The number of esters is 1. The number of hydrogen-bond donors (Lipinski definition) is 1. The van der Waals surface area contributed by atoms with E-state index in [1.165, 1.54) is 13.2 Å². The van der Waals surface area contributed by atoms with Crippen LogP contribution in [0.2, 0.25) is 0 Å². The lowest BCUT2D eigenvalue weighted by Gasteiger charge is -2.11. The Balaban J connectivity index is 1.88. The van der Waals surface area contributed by atoms with Crippen molar-refractivity contribution in [3.63, 3.8) is 0 Å². The van der Waals surface area contributed by atoms with Gasteiger partial charge in [-0.1, -0.05) is 0 Å². The van der Waals surface area contributed by atoms with Gasteiger partial charge in [-0.05, 0) is 40.5 Å². The molecule has 0 spiro atoms. The van der Waals surface area contributed by atoms with Crippen LogP contribution in [0, 0.1) is 0 Å². The average Bonchev–Trinajstić information content (AvgIpc) is 2.84. The van der Waals surface area contributed by atoms with Crippen LogP contribution in [0.4, 0.5) is 0 Å². The molecule has 1 aliphatic rings. The highest BCUT2D eigenvalue weighted by Gasteiger charge is 2.29. The summed E-state index contributed by atoms with van der Waals surface area (Å²) in [6, 6.07) is 4.38. The van der Waals surface area contributed by atoms with Gasteiger partial charge in [0.2, 0.25) is 0 Å². The summed E-state index contributed by atoms with van der Waals surface area (Å²) < 4.78 is 33.1. The van der Waals surface area contributed by atoms with E-state index in [0.29, 0.717) is 16.6 Å². The molecule has 126 valence electrons. The van der Waals surface area contributed by atoms with Gasteiger partial charge in [0.15, 0.2) is 16.4 Å². The summed E-state index contributed by atoms with van der Waals surface area (Å²) in [6.45, 7) is -0.473. The molecule has 0 saturated carbocycles. The van der Waals surface area contributed by atoms with Gasteiger partial charge in [0, 0.05) is 10.5 Å². The number of halogens is 1. The van der Waals surface area contributed by atoms with Gasteiger partial charge in [-0.2, -0.15) is 0 Å². The van der Waals surface area contributed by atoms with Gasteiger partial charge in [-0.25, -0.2) is 13.2 Å². The Morgan fingerprint density at radius 3 is 2.74 bits per heavy atom. The maximum atomic E-state index is 12.0. The van der Waals surface area contributed by atoms with Crippen molar-refractivity contribution in [2.45, 2.75) is 12.5 Å². The molecule has 1 amide bonds. The number of hydrogen-bond acceptors (Lipinski definition) is 6. The monoisotopic (exact) mass is 405 g/mol. The van der Waals surface area contributed by atoms with Crippen molar-refractivity contribution in [2.24, 2.45) is 0 Å². The van der Waals surface area contributed by atoms with Crippen molar-refractivity contribution in [1.29, 1.82) is 0 Å². The highest BCUT2D eigenvalue weighted by molar-refractivity contribution is 9.10. The fourth-order valence-corrected chi connectivity index (χ4v) is 4.26. The van der Waals surface area contributed by atoms with Crippen LogP contribution in [-0.4, -0.2) is 51.6 Å². The topological polar surface area (TPSA) is 98.8 Å². The lowest BCUT2D eigenvalue weighted by molar-refractivity contribution is -0.124. The summed E-state index contributed by atoms with van der Waals surface area (Å²) >= 11 is 3.23. The molecule has 1 fully saturated rings. The zero-order valence-electron chi connectivity index (χ0n) is 12.4. The smallest absolute Gasteiger partial charge is 0.339 e. The zero-order valence-corrected chi connectivity index (χ0v) is 14.8. The van der Waals surface area contributed by atoms with Gasteiger partial charge < -0.3 is 14.8 Å². The molecule has 0 aromatic heterocycles. The molecule has 23 heavy (non-hydrogen) atoms. The summed E-state index contributed by atoms with van der Waals surface area (Å²) in [5, 5.41) is 2.55. The van der Waals surface area contributed by atoms with Crippen LogP contribution in [0.1, 0.15) is 16.8 Å². The number of carbonyl (C=O) groups excluding carboxylic acids is 2. The van der Waals surface area contributed by atoms with Crippen molar-refractivity contribution < 1.29 is 27.5 Å². The number of ether oxygens (including phenoxy) is 2. The second-order valence-corrected chi connectivity index (χ2v) is 8.17. The van der Waals surface area contributed by atoms with Crippen LogP contribution in [-0.2, 0) is 19.4 Å². The minimum absolute atomic E-state index is 0.0640. The van der Waals surface area contributed by atoms with E-state index in [2.05, 4.69) is 21.2 Å². The molecule has 1 heterocycles. The van der Waals surface area contributed by atoms with Crippen LogP contribution in [0.15, 0.2) is 22.7 Å². The molecule has 0 aliphatic carbocycles. The maximum Gasteiger partial charge on any atom is 0.339 e. The number of methoxy groups -OCH3 is 1. The Morgan fingerprint density at radius 1 is 1.39 bits per heavy atom. The van der Waals surface area contributed by atoms with Crippen LogP contribution >= 0.6 is 15.9 Å². The van der Waals surface area contributed by atoms with Gasteiger partial charge >= 0.3 is 5.97 Å². The second-order valence-electron chi connectivity index (χ2n) is 5.09. The van der Waals surface area contributed by atoms with Crippen LogP contribution < -0.4 is 10.1 Å². The third-order valence-corrected chi connectivity index (χ3v) is 5.78. The van der Waals surface area contributed by atoms with Gasteiger partial charge in [0.1, 0.15) is 5.75 Å². The van der Waals surface area contributed by atoms with Gasteiger partial charge in [0.25, 0.3) is 5.91 Å². The summed E-state index contributed by atoms with van der Waals surface area (Å²) in [6.07, 6.45) is 0.378. The first-order valence-corrected chi connectivity index (χ1v) is 9.42. The van der Waals surface area contributed by atoms with E-state index in [1.807, 2.05) is 0 Å². The summed E-state index contributed by atoms with van der Waals surface area (Å²) in [7, 11) is -1.60. The normalized spacial score (nSPS) is 19.1. The van der Waals surface area contributed by atoms with Crippen molar-refractivity contribution in [1.82, 2.24) is 5.32 Å². The predicted octanol–water partition coefficient (Wildman–Crippen LogP) is 0.918. The molecular formula is C14H16BrNO6S. The molecule has 1 aromatic rings. The van der Waals surface area contributed by atoms with Crippen molar-refractivity contribution >= 4 is 37.6 Å². The first kappa shape index (κ1) is 17.7. The minimum atomic E-state index is -3.07. The quantitative estimate of drug-likeness (QED) is 0.731. The maximum absolute atomic E-state index is 12.0. The lowest BCUT2D eigenvalue weighted by Crippen LogP contribution is -2.38. The predicted molar refractivity (Wildman–Crippen MR) is 86.2 cm³/mol. The average molecular weight is 406 g/mol. The molecule has 1 unspecified atom stereocenters. The fourth-order valence-electron chi connectivity index (χ4n) is 2.17. The first-order valence-electron chi connectivity index (χ1n) is 6.81. The fraction of sp³-hybridized carbons (Fsp3) is 0.429. The van der Waals surface area contributed by atoms with E-state index >= 15 is 0 Å². The number of nitrogens with one attached hydrogen (secondary N) is 1. The Morgan fingerprint density at radius 2 is 2.13 bits per heavy atom. The molecule has 0 bridgehead atoms. The zero-order chi connectivity index (χ0) is 17.0. The van der Waals surface area contributed by atoms with E-state index in [1.54, 1.807) is 12.1 Å². The molecular weight excluding hydrogens is 390 g/mol. The van der Waals surface area contributed by atoms with Gasteiger partial charge in [-0.3, -0.25) is 4.79 Å². The Kier molecular flexibility index (Phi) is 5.64. The van der Waals surface area contributed by atoms with E-state index in [0.717, 1.165) is 0 Å². The summed E-state index contributed by atoms with van der Waals surface area (Å²) in [5.41, 5.74) is 0.237. The van der Waals surface area contributed by atoms with Gasteiger partial charge in [0.05, 0.1) is 24.2 Å². The Hall–Kier alpha value is -1.61. The Bertz CT molecular complexity index is 718. The summed E-state index contributed by atoms with van der Waals surface area (Å²) in [4.78, 5) is 23.7. The Labute approximate surface area is 142 Å². The molecule has 1 aromatic carbocycles. The highest BCUT2D eigenvalue weighted by Crippen LogP contribution is 2.23. The number of benzene rings is 1. The first-order chi connectivity index (χ1) is 10.8. The van der Waals surface area contributed by atoms with Crippen molar-refractivity contribution in [3.8, 4) is 5.75 Å². The van der Waals surface area contributed by atoms with Crippen LogP contribution in [0.25, 0.3) is 0 Å². The molecule has 1 atom stereocenters. The van der Waals surface area contributed by atoms with E-state index in [-0.39, 0.29) is 17.1 Å². The standard InChI is InChI=1S/C14H16BrNO6S/c1-21-10-2-3-12(15)11(6-10)14(18)22-7-13(17)16-9-4-5-23(19,20)8-9/h2-3,6,9H,4-5,7-8H2,1H3,(H,16,17). The van der Waals surface area contributed by atoms with Crippen LogP contribution in [0.3, 0.4) is 0 Å². The molecule has 0 radical (unpaired) electrons. The molecule has 1 saturated heterocycles. The molecule has 7 nitrogen and oxygen atoms in total. The van der Waals surface area contributed by atoms with Crippen LogP contribution in [0.5, 0.6) is 5.75 Å². The van der Waals surface area contributed by atoms with E-state index < -0.39 is 34.4 Å².